The Morgan fingerprint density at radius 3 is 2.34 bits per heavy atom. The van der Waals surface area contributed by atoms with Crippen molar-refractivity contribution in [2.24, 2.45) is 5.92 Å². The normalized spacial score (nSPS) is 14.3. The van der Waals surface area contributed by atoms with Gasteiger partial charge in [0.05, 0.1) is 29.1 Å². The lowest BCUT2D eigenvalue weighted by molar-refractivity contribution is -0.138. The van der Waals surface area contributed by atoms with E-state index in [4.69, 9.17) is 5.73 Å². The van der Waals surface area contributed by atoms with Gasteiger partial charge in [0.2, 0.25) is 5.91 Å². The van der Waals surface area contributed by atoms with Crippen LogP contribution in [0.5, 0.6) is 0 Å². The van der Waals surface area contributed by atoms with Gasteiger partial charge >= 0.3 is 6.18 Å². The number of nitrogens with zero attached hydrogens (tertiary/aromatic N) is 4. The number of amides is 1. The maximum absolute atomic E-state index is 13.1. The zero-order valence-electron chi connectivity index (χ0n) is 16.8. The molecule has 4 rings (SSSR count). The maximum Gasteiger partial charge on any atom is 0.419 e. The van der Waals surface area contributed by atoms with Crippen LogP contribution in [-0.2, 0) is 23.8 Å². The molecule has 2 aromatic heterocycles. The number of benzene rings is 1. The zero-order valence-corrected chi connectivity index (χ0v) is 16.8. The SMILES string of the molecule is Nc1ccc(-c2ccc(F)cc2)nc1CC(=O)N1CC(Cc2ncc(C(F)(F)F)cn2)C1. The number of anilines is 1. The van der Waals surface area contributed by atoms with Gasteiger partial charge in [-0.15, -0.1) is 0 Å². The Morgan fingerprint density at radius 1 is 1.06 bits per heavy atom. The molecule has 1 aliphatic rings. The van der Waals surface area contributed by atoms with Crippen molar-refractivity contribution in [1.82, 2.24) is 19.9 Å². The molecule has 0 unspecified atom stereocenters. The van der Waals surface area contributed by atoms with E-state index in [1.165, 1.54) is 12.1 Å². The summed E-state index contributed by atoms with van der Waals surface area (Å²) in [6.07, 6.45) is -2.52. The maximum atomic E-state index is 13.1. The fourth-order valence-electron chi connectivity index (χ4n) is 3.46. The largest absolute Gasteiger partial charge is 0.419 e. The predicted octanol–water partition coefficient (Wildman–Crippen LogP) is 3.52. The fourth-order valence-corrected chi connectivity index (χ4v) is 3.46. The van der Waals surface area contributed by atoms with Gasteiger partial charge < -0.3 is 10.6 Å². The molecule has 1 saturated heterocycles. The van der Waals surface area contributed by atoms with Crippen molar-refractivity contribution in [2.75, 3.05) is 18.8 Å². The van der Waals surface area contributed by atoms with E-state index < -0.39 is 11.7 Å². The summed E-state index contributed by atoms with van der Waals surface area (Å²) < 4.78 is 50.9. The molecular weight excluding hydrogens is 426 g/mol. The molecule has 0 spiro atoms. The van der Waals surface area contributed by atoms with Gasteiger partial charge in [-0.25, -0.2) is 14.4 Å². The number of carbonyl (C=O) groups excluding carboxylic acids is 1. The molecular formula is C22H19F4N5O. The van der Waals surface area contributed by atoms with Crippen molar-refractivity contribution in [3.63, 3.8) is 0 Å². The number of alkyl halides is 3. The van der Waals surface area contributed by atoms with Crippen molar-refractivity contribution in [1.29, 1.82) is 0 Å². The van der Waals surface area contributed by atoms with Crippen LogP contribution in [0.2, 0.25) is 0 Å². The average Bonchev–Trinajstić information content (AvgIpc) is 2.72. The summed E-state index contributed by atoms with van der Waals surface area (Å²) in [4.78, 5) is 26.3. The Bertz CT molecular complexity index is 1110. The number of pyridine rings is 1. The van der Waals surface area contributed by atoms with E-state index >= 15 is 0 Å². The van der Waals surface area contributed by atoms with Crippen LogP contribution in [0.15, 0.2) is 48.8 Å². The molecule has 0 saturated carbocycles. The molecule has 3 aromatic rings. The number of nitrogens with two attached hydrogens (primary N) is 1. The molecule has 166 valence electrons. The Hall–Kier alpha value is -3.56. The van der Waals surface area contributed by atoms with Crippen LogP contribution in [0.3, 0.4) is 0 Å². The molecule has 0 bridgehead atoms. The van der Waals surface area contributed by atoms with Gasteiger partial charge in [0.15, 0.2) is 0 Å². The third-order valence-corrected chi connectivity index (χ3v) is 5.28. The van der Waals surface area contributed by atoms with Crippen LogP contribution in [0, 0.1) is 11.7 Å². The summed E-state index contributed by atoms with van der Waals surface area (Å²) in [5.41, 5.74) is 7.21. The highest BCUT2D eigenvalue weighted by Gasteiger charge is 2.33. The summed E-state index contributed by atoms with van der Waals surface area (Å²) in [5.74, 6) is -0.113. The van der Waals surface area contributed by atoms with Crippen molar-refractivity contribution in [3.8, 4) is 11.3 Å². The van der Waals surface area contributed by atoms with Gasteiger partial charge in [0, 0.05) is 43.4 Å². The number of carbonyl (C=O) groups is 1. The van der Waals surface area contributed by atoms with Gasteiger partial charge in [-0.3, -0.25) is 9.78 Å². The predicted molar refractivity (Wildman–Crippen MR) is 109 cm³/mol. The molecule has 32 heavy (non-hydrogen) atoms. The number of hydrogen-bond donors (Lipinski definition) is 1. The van der Waals surface area contributed by atoms with Gasteiger partial charge in [-0.2, -0.15) is 13.2 Å². The molecule has 1 aromatic carbocycles. The summed E-state index contributed by atoms with van der Waals surface area (Å²) >= 11 is 0. The van der Waals surface area contributed by atoms with Gasteiger partial charge in [-0.1, -0.05) is 0 Å². The zero-order chi connectivity index (χ0) is 22.9. The average molecular weight is 445 g/mol. The second-order valence-electron chi connectivity index (χ2n) is 7.67. The molecule has 3 heterocycles. The number of likely N-dealkylation sites (tertiary alicyclic amines) is 1. The summed E-state index contributed by atoms with van der Waals surface area (Å²) in [6, 6.07) is 9.23. The minimum atomic E-state index is -4.47. The molecule has 10 heteroatoms. The second-order valence-corrected chi connectivity index (χ2v) is 7.67. The van der Waals surface area contributed by atoms with Gasteiger partial charge in [-0.05, 0) is 36.4 Å². The molecule has 6 nitrogen and oxygen atoms in total. The molecule has 0 aliphatic carbocycles. The molecule has 0 atom stereocenters. The van der Waals surface area contributed by atoms with Crippen LogP contribution in [-0.4, -0.2) is 38.8 Å². The highest BCUT2D eigenvalue weighted by molar-refractivity contribution is 5.81. The van der Waals surface area contributed by atoms with Crippen molar-refractivity contribution in [2.45, 2.75) is 19.0 Å². The number of halogens is 4. The van der Waals surface area contributed by atoms with E-state index in [0.29, 0.717) is 48.0 Å². The van der Waals surface area contributed by atoms with E-state index in [1.54, 1.807) is 29.2 Å². The number of aromatic nitrogens is 3. The first-order valence-corrected chi connectivity index (χ1v) is 9.86. The third kappa shape index (κ3) is 4.84. The van der Waals surface area contributed by atoms with Crippen LogP contribution < -0.4 is 5.73 Å². The van der Waals surface area contributed by atoms with Crippen LogP contribution in [0.25, 0.3) is 11.3 Å². The van der Waals surface area contributed by atoms with E-state index in [2.05, 4.69) is 15.0 Å². The Kier molecular flexibility index (Phi) is 5.77. The van der Waals surface area contributed by atoms with Crippen LogP contribution in [0.4, 0.5) is 23.2 Å². The third-order valence-electron chi connectivity index (χ3n) is 5.28. The smallest absolute Gasteiger partial charge is 0.397 e. The minimum Gasteiger partial charge on any atom is -0.397 e. The lowest BCUT2D eigenvalue weighted by Crippen LogP contribution is -2.51. The lowest BCUT2D eigenvalue weighted by Gasteiger charge is -2.39. The van der Waals surface area contributed by atoms with Crippen molar-refractivity contribution < 1.29 is 22.4 Å². The van der Waals surface area contributed by atoms with Crippen LogP contribution >= 0.6 is 0 Å². The molecule has 1 amide bonds. The quantitative estimate of drug-likeness (QED) is 0.608. The highest BCUT2D eigenvalue weighted by atomic mass is 19.4. The Balaban J connectivity index is 1.34. The molecule has 2 N–H and O–H groups in total. The summed E-state index contributed by atoms with van der Waals surface area (Å²) in [5, 5.41) is 0. The highest BCUT2D eigenvalue weighted by Crippen LogP contribution is 2.28. The Morgan fingerprint density at radius 2 is 1.72 bits per heavy atom. The minimum absolute atomic E-state index is 0.0182. The summed E-state index contributed by atoms with van der Waals surface area (Å²) in [6.45, 7) is 0.918. The molecule has 1 fully saturated rings. The van der Waals surface area contributed by atoms with Crippen molar-refractivity contribution in [3.05, 3.63) is 71.7 Å². The van der Waals surface area contributed by atoms with E-state index in [1.807, 2.05) is 0 Å². The van der Waals surface area contributed by atoms with E-state index in [0.717, 1.165) is 12.4 Å². The molecule has 1 aliphatic heterocycles. The topological polar surface area (TPSA) is 85.0 Å². The van der Waals surface area contributed by atoms with Crippen molar-refractivity contribution >= 4 is 11.6 Å². The first-order chi connectivity index (χ1) is 15.2. The number of hydrogen-bond acceptors (Lipinski definition) is 5. The van der Waals surface area contributed by atoms with Gasteiger partial charge in [0.25, 0.3) is 0 Å². The number of nitrogen functional groups attached to an aromatic ring is 1. The van der Waals surface area contributed by atoms with E-state index in [-0.39, 0.29) is 24.1 Å². The first-order valence-electron chi connectivity index (χ1n) is 9.86. The number of rotatable bonds is 5. The Labute approximate surface area is 181 Å². The van der Waals surface area contributed by atoms with E-state index in [9.17, 15) is 22.4 Å². The fraction of sp³-hybridized carbons (Fsp3) is 0.273. The van der Waals surface area contributed by atoms with Crippen LogP contribution in [0.1, 0.15) is 17.1 Å². The summed E-state index contributed by atoms with van der Waals surface area (Å²) in [7, 11) is 0. The molecule has 0 radical (unpaired) electrons. The standard InChI is InChI=1S/C22H19F4N5O/c23-16-3-1-14(2-4-16)18-6-5-17(27)19(30-18)8-21(32)31-11-13(12-31)7-20-28-9-15(10-29-20)22(24,25)26/h1-6,9-10,13H,7-8,11-12,27H2. The monoisotopic (exact) mass is 445 g/mol. The first kappa shape index (κ1) is 21.7. The lowest BCUT2D eigenvalue weighted by atomic mass is 9.95. The second kappa shape index (κ2) is 8.52. The van der Waals surface area contributed by atoms with Gasteiger partial charge in [0.1, 0.15) is 11.6 Å².